The summed E-state index contributed by atoms with van der Waals surface area (Å²) in [5, 5.41) is 16.7. The molecule has 0 radical (unpaired) electrons. The van der Waals surface area contributed by atoms with Crippen molar-refractivity contribution >= 4 is 42.8 Å². The number of carbonyl (C=O) groups is 2. The monoisotopic (exact) mass is 565 g/mol. The third-order valence-electron chi connectivity index (χ3n) is 8.53. The number of fused-ring (bicyclic) bond motifs is 1. The summed E-state index contributed by atoms with van der Waals surface area (Å²) in [4.78, 5) is 36.3. The molecule has 0 unspecified atom stereocenters. The van der Waals surface area contributed by atoms with Crippen molar-refractivity contribution in [2.24, 2.45) is 5.92 Å². The average Bonchev–Trinajstić information content (AvgIpc) is 3.64. The van der Waals surface area contributed by atoms with Crippen LogP contribution in [0.1, 0.15) is 62.5 Å². The number of rotatable bonds is 7. The zero-order valence-electron chi connectivity index (χ0n) is 24.0. The summed E-state index contributed by atoms with van der Waals surface area (Å²) in [5.74, 6) is 0.0592. The smallest absolute Gasteiger partial charge is 0.412 e. The van der Waals surface area contributed by atoms with Crippen LogP contribution in [0.25, 0.3) is 11.1 Å². The van der Waals surface area contributed by atoms with E-state index in [0.29, 0.717) is 29.2 Å². The molecule has 3 aromatic heterocycles. The standard InChI is InChI=1S/C29H39N5O5Si/c1-17-13-31-15-23(26(17)39-40(5,6)29(2,3)4)34(28(36)37)22-11-12-30-14-21(22)33-27(35)20-9-10-24-25(32-20)19(16-38-24)18-7-8-18/h9-12,14,16-18,23,26,31H,7-8,13,15H2,1-6H3,(H,33,35)(H,36,37)/t17-,23+,26+/m0/s1. The number of aromatic nitrogens is 2. The van der Waals surface area contributed by atoms with Crippen LogP contribution in [0.5, 0.6) is 0 Å². The van der Waals surface area contributed by atoms with Crippen molar-refractivity contribution in [2.75, 3.05) is 23.3 Å². The first-order valence-corrected chi connectivity index (χ1v) is 16.8. The molecule has 40 heavy (non-hydrogen) atoms. The fraction of sp³-hybridized carbons (Fsp3) is 0.517. The molecular formula is C29H39N5O5Si. The highest BCUT2D eigenvalue weighted by atomic mass is 28.4. The lowest BCUT2D eigenvalue weighted by Crippen LogP contribution is -2.62. The van der Waals surface area contributed by atoms with Gasteiger partial charge in [0.1, 0.15) is 11.2 Å². The molecule has 214 valence electrons. The molecule has 11 heteroatoms. The van der Waals surface area contributed by atoms with Gasteiger partial charge in [-0.1, -0.05) is 27.7 Å². The number of amides is 2. The molecule has 1 saturated carbocycles. The maximum absolute atomic E-state index is 13.4. The van der Waals surface area contributed by atoms with Gasteiger partial charge < -0.3 is 24.6 Å². The van der Waals surface area contributed by atoms with Crippen molar-refractivity contribution in [3.05, 3.63) is 48.1 Å². The summed E-state index contributed by atoms with van der Waals surface area (Å²) >= 11 is 0. The van der Waals surface area contributed by atoms with Crippen molar-refractivity contribution in [2.45, 2.75) is 76.7 Å². The Morgan fingerprint density at radius 3 is 2.62 bits per heavy atom. The van der Waals surface area contributed by atoms with Crippen molar-refractivity contribution in [3.63, 3.8) is 0 Å². The molecule has 3 N–H and O–H groups in total. The lowest BCUT2D eigenvalue weighted by molar-refractivity contribution is 0.0740. The fourth-order valence-electron chi connectivity index (χ4n) is 5.07. The number of anilines is 2. The molecule has 3 atom stereocenters. The highest BCUT2D eigenvalue weighted by Crippen LogP contribution is 2.43. The van der Waals surface area contributed by atoms with Crippen molar-refractivity contribution in [3.8, 4) is 0 Å². The van der Waals surface area contributed by atoms with Gasteiger partial charge in [0.2, 0.25) is 0 Å². The van der Waals surface area contributed by atoms with Gasteiger partial charge in [-0.2, -0.15) is 0 Å². The highest BCUT2D eigenvalue weighted by Gasteiger charge is 2.46. The van der Waals surface area contributed by atoms with Gasteiger partial charge in [-0.15, -0.1) is 0 Å². The first-order chi connectivity index (χ1) is 18.9. The number of hydrogen-bond donors (Lipinski definition) is 3. The predicted octanol–water partition coefficient (Wildman–Crippen LogP) is 5.84. The van der Waals surface area contributed by atoms with E-state index >= 15 is 0 Å². The van der Waals surface area contributed by atoms with Crippen molar-refractivity contribution < 1.29 is 23.5 Å². The Bertz CT molecular complexity index is 1410. The maximum Gasteiger partial charge on any atom is 0.412 e. The topological polar surface area (TPSA) is 130 Å². The Balaban J connectivity index is 1.45. The zero-order valence-corrected chi connectivity index (χ0v) is 25.0. The van der Waals surface area contributed by atoms with Gasteiger partial charge in [-0.05, 0) is 61.0 Å². The molecule has 0 bridgehead atoms. The molecule has 10 nitrogen and oxygen atoms in total. The van der Waals surface area contributed by atoms with Crippen LogP contribution in [-0.4, -0.2) is 60.6 Å². The van der Waals surface area contributed by atoms with E-state index in [2.05, 4.69) is 61.4 Å². The van der Waals surface area contributed by atoms with E-state index in [1.807, 2.05) is 0 Å². The Hall–Kier alpha value is -3.28. The van der Waals surface area contributed by atoms with Crippen LogP contribution in [0, 0.1) is 5.92 Å². The van der Waals surface area contributed by atoms with Gasteiger partial charge in [0.05, 0.1) is 36.0 Å². The fourth-order valence-corrected chi connectivity index (χ4v) is 6.49. The Labute approximate surface area is 235 Å². The molecule has 2 aliphatic rings. The summed E-state index contributed by atoms with van der Waals surface area (Å²) in [5.41, 5.74) is 3.21. The summed E-state index contributed by atoms with van der Waals surface area (Å²) < 4.78 is 12.5. The molecule has 2 fully saturated rings. The van der Waals surface area contributed by atoms with Gasteiger partial charge in [-0.3, -0.25) is 14.7 Å². The molecular weight excluding hydrogens is 526 g/mol. The second-order valence-electron chi connectivity index (χ2n) is 12.6. The van der Waals surface area contributed by atoms with Crippen LogP contribution < -0.4 is 15.5 Å². The van der Waals surface area contributed by atoms with Crippen molar-refractivity contribution in [1.29, 1.82) is 0 Å². The largest absolute Gasteiger partial charge is 0.465 e. The van der Waals surface area contributed by atoms with Crippen LogP contribution in [0.15, 0.2) is 41.3 Å². The molecule has 1 aliphatic carbocycles. The summed E-state index contributed by atoms with van der Waals surface area (Å²) in [7, 11) is -2.21. The number of pyridine rings is 2. The number of carbonyl (C=O) groups excluding carboxylic acids is 1. The molecule has 1 aliphatic heterocycles. The average molecular weight is 566 g/mol. The van der Waals surface area contributed by atoms with E-state index in [1.165, 1.54) is 17.3 Å². The van der Waals surface area contributed by atoms with E-state index < -0.39 is 26.4 Å². The van der Waals surface area contributed by atoms with Crippen LogP contribution in [0.2, 0.25) is 18.1 Å². The van der Waals surface area contributed by atoms with Gasteiger partial charge in [-0.25, -0.2) is 9.78 Å². The minimum Gasteiger partial charge on any atom is -0.465 e. The van der Waals surface area contributed by atoms with E-state index in [-0.39, 0.29) is 28.4 Å². The lowest BCUT2D eigenvalue weighted by atomic mass is 9.92. The summed E-state index contributed by atoms with van der Waals surface area (Å²) in [6, 6.07) is 4.47. The molecule has 0 aromatic carbocycles. The van der Waals surface area contributed by atoms with E-state index in [4.69, 9.17) is 8.84 Å². The quantitative estimate of drug-likeness (QED) is 0.305. The van der Waals surface area contributed by atoms with E-state index in [9.17, 15) is 14.7 Å². The first-order valence-electron chi connectivity index (χ1n) is 13.9. The third-order valence-corrected chi connectivity index (χ3v) is 13.0. The molecule has 2 amide bonds. The van der Waals surface area contributed by atoms with Crippen LogP contribution in [0.4, 0.5) is 16.2 Å². The molecule has 5 rings (SSSR count). The van der Waals surface area contributed by atoms with Crippen molar-refractivity contribution in [1.82, 2.24) is 15.3 Å². The molecule has 0 spiro atoms. The van der Waals surface area contributed by atoms with Gasteiger partial charge in [0.25, 0.3) is 5.91 Å². The van der Waals surface area contributed by atoms with Gasteiger partial charge in [0.15, 0.2) is 13.9 Å². The molecule has 1 saturated heterocycles. The Kier molecular flexibility index (Phi) is 7.49. The first kappa shape index (κ1) is 28.3. The normalized spacial score (nSPS) is 21.8. The van der Waals surface area contributed by atoms with Crippen LogP contribution in [0.3, 0.4) is 0 Å². The number of carboxylic acid groups (broad SMARTS) is 1. The van der Waals surface area contributed by atoms with E-state index in [0.717, 1.165) is 24.9 Å². The minimum atomic E-state index is -2.21. The van der Waals surface area contributed by atoms with E-state index in [1.54, 1.807) is 24.5 Å². The third kappa shape index (κ3) is 5.50. The maximum atomic E-state index is 13.4. The lowest BCUT2D eigenvalue weighted by Gasteiger charge is -2.47. The van der Waals surface area contributed by atoms with Crippen LogP contribution >= 0.6 is 0 Å². The second-order valence-corrected chi connectivity index (χ2v) is 17.3. The summed E-state index contributed by atoms with van der Waals surface area (Å²) in [6.45, 7) is 14.1. The predicted molar refractivity (Wildman–Crippen MR) is 157 cm³/mol. The molecule has 4 heterocycles. The number of nitrogens with zero attached hydrogens (tertiary/aromatic N) is 3. The Morgan fingerprint density at radius 1 is 1.20 bits per heavy atom. The SMILES string of the molecule is C[C@H]1CNC[C@@H](N(C(=O)O)c2ccncc2NC(=O)c2ccc3occ(C4CC4)c3n2)[C@@H]1O[Si](C)(C)C(C)(C)C. The Morgan fingerprint density at radius 2 is 1.95 bits per heavy atom. The minimum absolute atomic E-state index is 0.0333. The second kappa shape index (κ2) is 10.6. The van der Waals surface area contributed by atoms with Crippen LogP contribution in [-0.2, 0) is 4.43 Å². The summed E-state index contributed by atoms with van der Waals surface area (Å²) in [6.07, 6.45) is 5.46. The highest BCUT2D eigenvalue weighted by molar-refractivity contribution is 6.74. The number of piperidine rings is 1. The number of hydrogen-bond acceptors (Lipinski definition) is 7. The van der Waals surface area contributed by atoms with Gasteiger partial charge >= 0.3 is 6.09 Å². The number of nitrogens with one attached hydrogen (secondary N) is 2. The zero-order chi connectivity index (χ0) is 28.8. The number of furan rings is 1. The molecule has 3 aromatic rings. The van der Waals surface area contributed by atoms with Gasteiger partial charge in [0, 0.05) is 24.8 Å².